The third-order valence-corrected chi connectivity index (χ3v) is 3.68. The zero-order valence-electron chi connectivity index (χ0n) is 9.85. The fourth-order valence-corrected chi connectivity index (χ4v) is 2.33. The molecule has 0 N–H and O–H groups in total. The van der Waals surface area contributed by atoms with Gasteiger partial charge in [0.1, 0.15) is 11.5 Å². The second-order valence-electron chi connectivity index (χ2n) is 3.81. The minimum absolute atomic E-state index is 0.0724. The summed E-state index contributed by atoms with van der Waals surface area (Å²) in [5.41, 5.74) is 1.11. The molecule has 1 aromatic carbocycles. The summed E-state index contributed by atoms with van der Waals surface area (Å²) in [6.07, 6.45) is 5.42. The van der Waals surface area contributed by atoms with E-state index in [2.05, 4.69) is 5.92 Å². The van der Waals surface area contributed by atoms with Crippen molar-refractivity contribution in [3.05, 3.63) is 29.8 Å². The summed E-state index contributed by atoms with van der Waals surface area (Å²) in [5.74, 6) is 2.78. The summed E-state index contributed by atoms with van der Waals surface area (Å²) < 4.78 is 28.0. The number of ether oxygens (including phenoxy) is 1. The Bertz CT molecular complexity index is 498. The van der Waals surface area contributed by atoms with E-state index >= 15 is 0 Å². The van der Waals surface area contributed by atoms with Gasteiger partial charge in [0.15, 0.2) is 9.84 Å². The predicted molar refractivity (Wildman–Crippen MR) is 68.8 cm³/mol. The molecule has 0 saturated carbocycles. The number of hydrogen-bond donors (Lipinski definition) is 0. The first kappa shape index (κ1) is 13.6. The van der Waals surface area contributed by atoms with Gasteiger partial charge in [0.2, 0.25) is 0 Å². The topological polar surface area (TPSA) is 43.4 Å². The van der Waals surface area contributed by atoms with Crippen molar-refractivity contribution in [1.29, 1.82) is 0 Å². The van der Waals surface area contributed by atoms with Crippen LogP contribution in [-0.4, -0.2) is 26.5 Å². The Hall–Kier alpha value is -1.47. The van der Waals surface area contributed by atoms with Crippen LogP contribution in [0.1, 0.15) is 12.0 Å². The Balaban J connectivity index is 2.32. The molecule has 0 atom stereocenters. The van der Waals surface area contributed by atoms with E-state index in [0.29, 0.717) is 13.0 Å². The molecule has 0 bridgehead atoms. The second-order valence-corrected chi connectivity index (χ2v) is 6.00. The van der Waals surface area contributed by atoms with Crippen molar-refractivity contribution in [2.24, 2.45) is 0 Å². The highest BCUT2D eigenvalue weighted by Crippen LogP contribution is 2.12. The van der Waals surface area contributed by atoms with Crippen LogP contribution >= 0.6 is 0 Å². The number of benzene rings is 1. The molecule has 0 aliphatic carbocycles. The fourth-order valence-electron chi connectivity index (χ4n) is 1.37. The Morgan fingerprint density at radius 2 is 2.18 bits per heavy atom. The quantitative estimate of drug-likeness (QED) is 0.573. The van der Waals surface area contributed by atoms with Gasteiger partial charge in [0.05, 0.1) is 12.4 Å². The normalized spacial score (nSPS) is 10.8. The standard InChI is InChI=1S/C13H16O3S/c1-3-9-17(14,15)10-5-8-16-13-7-4-6-12(2)11-13/h1,4,6-7,11H,5,8-10H2,2H3. The van der Waals surface area contributed by atoms with Crippen molar-refractivity contribution in [2.75, 3.05) is 18.1 Å². The van der Waals surface area contributed by atoms with E-state index in [0.717, 1.165) is 11.3 Å². The third kappa shape index (κ3) is 5.41. The maximum absolute atomic E-state index is 11.3. The van der Waals surface area contributed by atoms with Crippen molar-refractivity contribution < 1.29 is 13.2 Å². The lowest BCUT2D eigenvalue weighted by Gasteiger charge is -2.06. The van der Waals surface area contributed by atoms with Crippen LogP contribution in [0.2, 0.25) is 0 Å². The van der Waals surface area contributed by atoms with Gasteiger partial charge in [-0.3, -0.25) is 0 Å². The van der Waals surface area contributed by atoms with Crippen LogP contribution in [0.4, 0.5) is 0 Å². The largest absolute Gasteiger partial charge is 0.494 e. The Kier molecular flexibility index (Phi) is 5.05. The fraction of sp³-hybridized carbons (Fsp3) is 0.385. The van der Waals surface area contributed by atoms with Gasteiger partial charge in [0.25, 0.3) is 0 Å². The van der Waals surface area contributed by atoms with E-state index in [1.54, 1.807) is 0 Å². The maximum Gasteiger partial charge on any atom is 0.161 e. The molecule has 1 aromatic rings. The first-order valence-electron chi connectivity index (χ1n) is 5.37. The molecule has 0 aromatic heterocycles. The van der Waals surface area contributed by atoms with Gasteiger partial charge in [-0.1, -0.05) is 18.1 Å². The summed E-state index contributed by atoms with van der Waals surface area (Å²) in [6, 6.07) is 7.64. The number of rotatable bonds is 6. The Morgan fingerprint density at radius 1 is 1.41 bits per heavy atom. The van der Waals surface area contributed by atoms with E-state index in [-0.39, 0.29) is 11.5 Å². The highest BCUT2D eigenvalue weighted by Gasteiger charge is 2.08. The molecule has 0 spiro atoms. The van der Waals surface area contributed by atoms with Crippen LogP contribution in [0.25, 0.3) is 0 Å². The lowest BCUT2D eigenvalue weighted by atomic mass is 10.2. The summed E-state index contributed by atoms with van der Waals surface area (Å²) in [6.45, 7) is 2.36. The molecule has 92 valence electrons. The molecule has 0 unspecified atom stereocenters. The van der Waals surface area contributed by atoms with Crippen LogP contribution in [0.5, 0.6) is 5.75 Å². The average Bonchev–Trinajstić information content (AvgIpc) is 2.24. The second kappa shape index (κ2) is 6.31. The first-order valence-corrected chi connectivity index (χ1v) is 7.19. The van der Waals surface area contributed by atoms with E-state index < -0.39 is 9.84 Å². The van der Waals surface area contributed by atoms with Gasteiger partial charge in [-0.05, 0) is 31.0 Å². The molecule has 0 aliphatic heterocycles. The molecule has 0 aliphatic rings. The highest BCUT2D eigenvalue weighted by molar-refractivity contribution is 7.91. The monoisotopic (exact) mass is 252 g/mol. The molecule has 0 radical (unpaired) electrons. The van der Waals surface area contributed by atoms with Crippen molar-refractivity contribution in [3.8, 4) is 18.1 Å². The summed E-state index contributed by atoms with van der Waals surface area (Å²) in [5, 5.41) is 0. The molecule has 0 heterocycles. The van der Waals surface area contributed by atoms with Crippen LogP contribution in [0, 0.1) is 19.3 Å². The molecule has 17 heavy (non-hydrogen) atoms. The zero-order valence-corrected chi connectivity index (χ0v) is 10.7. The van der Waals surface area contributed by atoms with Crippen molar-refractivity contribution in [3.63, 3.8) is 0 Å². The number of hydrogen-bond acceptors (Lipinski definition) is 3. The lowest BCUT2D eigenvalue weighted by Crippen LogP contribution is -2.12. The van der Waals surface area contributed by atoms with E-state index in [9.17, 15) is 8.42 Å². The molecule has 4 heteroatoms. The molecule has 3 nitrogen and oxygen atoms in total. The van der Waals surface area contributed by atoms with Gasteiger partial charge in [-0.15, -0.1) is 6.42 Å². The van der Waals surface area contributed by atoms with Crippen molar-refractivity contribution in [1.82, 2.24) is 0 Å². The van der Waals surface area contributed by atoms with Crippen LogP contribution in [0.15, 0.2) is 24.3 Å². The zero-order chi connectivity index (χ0) is 12.7. The van der Waals surface area contributed by atoms with Gasteiger partial charge in [-0.2, -0.15) is 0 Å². The molecule has 0 saturated heterocycles. The maximum atomic E-state index is 11.3. The summed E-state index contributed by atoms with van der Waals surface area (Å²) >= 11 is 0. The smallest absolute Gasteiger partial charge is 0.161 e. The van der Waals surface area contributed by atoms with Crippen molar-refractivity contribution in [2.45, 2.75) is 13.3 Å². The van der Waals surface area contributed by atoms with E-state index in [1.807, 2.05) is 31.2 Å². The minimum Gasteiger partial charge on any atom is -0.494 e. The third-order valence-electron chi connectivity index (χ3n) is 2.16. The van der Waals surface area contributed by atoms with Gasteiger partial charge < -0.3 is 4.74 Å². The Morgan fingerprint density at radius 3 is 2.82 bits per heavy atom. The van der Waals surface area contributed by atoms with Crippen LogP contribution < -0.4 is 4.74 Å². The van der Waals surface area contributed by atoms with E-state index in [4.69, 9.17) is 11.2 Å². The predicted octanol–water partition coefficient (Wildman–Crippen LogP) is 1.81. The number of terminal acetylenes is 1. The number of aryl methyl sites for hydroxylation is 1. The molecular weight excluding hydrogens is 236 g/mol. The summed E-state index contributed by atoms with van der Waals surface area (Å²) in [4.78, 5) is 0. The highest BCUT2D eigenvalue weighted by atomic mass is 32.2. The Labute approximate surface area is 103 Å². The molecule has 1 rings (SSSR count). The molecular formula is C13H16O3S. The van der Waals surface area contributed by atoms with Gasteiger partial charge in [-0.25, -0.2) is 8.42 Å². The lowest BCUT2D eigenvalue weighted by molar-refractivity contribution is 0.317. The van der Waals surface area contributed by atoms with E-state index in [1.165, 1.54) is 0 Å². The first-order chi connectivity index (χ1) is 8.03. The minimum atomic E-state index is -3.11. The molecule has 0 fully saturated rings. The van der Waals surface area contributed by atoms with Crippen LogP contribution in [0.3, 0.4) is 0 Å². The van der Waals surface area contributed by atoms with Gasteiger partial charge >= 0.3 is 0 Å². The molecule has 0 amide bonds. The number of sulfone groups is 1. The summed E-state index contributed by atoms with van der Waals surface area (Å²) in [7, 11) is -3.11. The van der Waals surface area contributed by atoms with Crippen molar-refractivity contribution >= 4 is 9.84 Å². The average molecular weight is 252 g/mol. The van der Waals surface area contributed by atoms with Gasteiger partial charge in [0, 0.05) is 0 Å². The van der Waals surface area contributed by atoms with Crippen LogP contribution in [-0.2, 0) is 9.84 Å². The SMILES string of the molecule is C#CCS(=O)(=O)CCCOc1cccc(C)c1.